The number of hydrogen-bond donors (Lipinski definition) is 0. The van der Waals surface area contributed by atoms with E-state index < -0.39 is 11.7 Å². The van der Waals surface area contributed by atoms with E-state index >= 15 is 0 Å². The van der Waals surface area contributed by atoms with Crippen LogP contribution in [0.1, 0.15) is 17.5 Å². The van der Waals surface area contributed by atoms with Gasteiger partial charge in [-0.05, 0) is 47.9 Å². The van der Waals surface area contributed by atoms with E-state index in [2.05, 4.69) is 22.0 Å². The fourth-order valence-corrected chi connectivity index (χ4v) is 4.25. The summed E-state index contributed by atoms with van der Waals surface area (Å²) in [5.74, 6) is 0. The Labute approximate surface area is 184 Å². The lowest BCUT2D eigenvalue weighted by molar-refractivity contribution is -0.137. The van der Waals surface area contributed by atoms with Gasteiger partial charge in [-0.1, -0.05) is 48.6 Å². The molecule has 0 atom stereocenters. The van der Waals surface area contributed by atoms with E-state index in [4.69, 9.17) is 0 Å². The molecule has 0 unspecified atom stereocenters. The molecule has 2 heterocycles. The highest BCUT2D eigenvalue weighted by atomic mass is 19.4. The van der Waals surface area contributed by atoms with Crippen molar-refractivity contribution in [1.82, 2.24) is 14.5 Å². The first-order chi connectivity index (χ1) is 15.5. The number of imidazole rings is 1. The van der Waals surface area contributed by atoms with Crippen LogP contribution < -0.4 is 0 Å². The zero-order valence-corrected chi connectivity index (χ0v) is 17.4. The number of nitrogens with zero attached hydrogens (tertiary/aromatic N) is 3. The average Bonchev–Trinajstić information content (AvgIpc) is 3.24. The number of rotatable bonds is 4. The van der Waals surface area contributed by atoms with Gasteiger partial charge in [0.2, 0.25) is 0 Å². The van der Waals surface area contributed by atoms with E-state index in [-0.39, 0.29) is 0 Å². The van der Waals surface area contributed by atoms with E-state index in [9.17, 15) is 13.2 Å². The van der Waals surface area contributed by atoms with Crippen molar-refractivity contribution in [2.45, 2.75) is 19.1 Å². The average molecular weight is 433 g/mol. The molecule has 4 aromatic rings. The Morgan fingerprint density at radius 1 is 0.906 bits per heavy atom. The number of para-hydroxylation sites is 1. The molecule has 5 rings (SSSR count). The molecule has 32 heavy (non-hydrogen) atoms. The van der Waals surface area contributed by atoms with Gasteiger partial charge >= 0.3 is 6.18 Å². The monoisotopic (exact) mass is 433 g/mol. The summed E-state index contributed by atoms with van der Waals surface area (Å²) >= 11 is 0. The molecular weight excluding hydrogens is 411 g/mol. The molecule has 0 aliphatic carbocycles. The van der Waals surface area contributed by atoms with Gasteiger partial charge in [0.1, 0.15) is 6.33 Å². The first-order valence-corrected chi connectivity index (χ1v) is 10.6. The van der Waals surface area contributed by atoms with Crippen LogP contribution in [0.25, 0.3) is 27.8 Å². The van der Waals surface area contributed by atoms with Crippen LogP contribution in [-0.2, 0) is 12.7 Å². The van der Waals surface area contributed by atoms with Crippen LogP contribution in [0.15, 0.2) is 85.2 Å². The normalized spacial score (nSPS) is 14.8. The minimum absolute atomic E-state index is 0.324. The first kappa shape index (κ1) is 20.5. The second-order valence-corrected chi connectivity index (χ2v) is 8.03. The van der Waals surface area contributed by atoms with Crippen LogP contribution in [0.5, 0.6) is 0 Å². The number of hydrogen-bond acceptors (Lipinski definition) is 2. The molecule has 0 N–H and O–H groups in total. The van der Waals surface area contributed by atoms with Crippen LogP contribution in [0.2, 0.25) is 0 Å². The van der Waals surface area contributed by atoms with Crippen LogP contribution in [-0.4, -0.2) is 27.5 Å². The lowest BCUT2D eigenvalue weighted by Gasteiger charge is -2.23. The Morgan fingerprint density at radius 3 is 2.50 bits per heavy atom. The summed E-state index contributed by atoms with van der Waals surface area (Å²) in [5, 5.41) is 0. The fraction of sp³-hybridized carbons (Fsp3) is 0.192. The number of benzene rings is 3. The van der Waals surface area contributed by atoms with Gasteiger partial charge in [-0.3, -0.25) is 9.47 Å². The van der Waals surface area contributed by atoms with E-state index in [1.807, 2.05) is 59.2 Å². The molecule has 3 nitrogen and oxygen atoms in total. The zero-order chi connectivity index (χ0) is 22.1. The molecule has 1 aliphatic rings. The Morgan fingerprint density at radius 2 is 1.75 bits per heavy atom. The maximum atomic E-state index is 13.7. The van der Waals surface area contributed by atoms with Crippen molar-refractivity contribution in [3.05, 3.63) is 96.3 Å². The summed E-state index contributed by atoms with van der Waals surface area (Å²) in [6.45, 7) is 2.63. The summed E-state index contributed by atoms with van der Waals surface area (Å²) in [4.78, 5) is 6.65. The van der Waals surface area contributed by atoms with Gasteiger partial charge in [0, 0.05) is 30.9 Å². The fourth-order valence-electron chi connectivity index (χ4n) is 4.25. The van der Waals surface area contributed by atoms with Gasteiger partial charge in [-0.25, -0.2) is 4.98 Å². The van der Waals surface area contributed by atoms with Crippen LogP contribution >= 0.6 is 0 Å². The Balaban J connectivity index is 1.65. The minimum Gasteiger partial charge on any atom is -0.298 e. The van der Waals surface area contributed by atoms with Crippen LogP contribution in [0.3, 0.4) is 0 Å². The third-order valence-corrected chi connectivity index (χ3v) is 5.79. The van der Waals surface area contributed by atoms with Crippen LogP contribution in [0, 0.1) is 0 Å². The molecule has 0 amide bonds. The second-order valence-electron chi connectivity index (χ2n) is 8.03. The van der Waals surface area contributed by atoms with Gasteiger partial charge in [0.25, 0.3) is 0 Å². The zero-order valence-electron chi connectivity index (χ0n) is 17.4. The smallest absolute Gasteiger partial charge is 0.298 e. The SMILES string of the molecule is FC(F)(F)c1cc(-c2cccc(CN3CC=CCC3)c2)c2c(c1)ncn2-c1ccccc1. The minimum atomic E-state index is -4.45. The summed E-state index contributed by atoms with van der Waals surface area (Å²) in [6.07, 6.45) is 2.49. The molecule has 0 radical (unpaired) electrons. The van der Waals surface area contributed by atoms with E-state index in [0.717, 1.165) is 48.9 Å². The summed E-state index contributed by atoms with van der Waals surface area (Å²) < 4.78 is 42.9. The van der Waals surface area contributed by atoms with E-state index in [1.54, 1.807) is 6.33 Å². The quantitative estimate of drug-likeness (QED) is 0.344. The third kappa shape index (κ3) is 4.06. The second kappa shape index (κ2) is 8.28. The lowest BCUT2D eigenvalue weighted by Crippen LogP contribution is -2.26. The Kier molecular flexibility index (Phi) is 5.31. The predicted octanol–water partition coefficient (Wildman–Crippen LogP) is 6.47. The van der Waals surface area contributed by atoms with E-state index in [0.29, 0.717) is 16.6 Å². The summed E-state index contributed by atoms with van der Waals surface area (Å²) in [6, 6.07) is 19.7. The topological polar surface area (TPSA) is 21.1 Å². The van der Waals surface area contributed by atoms with Gasteiger partial charge in [0.05, 0.1) is 16.6 Å². The summed E-state index contributed by atoms with van der Waals surface area (Å²) in [7, 11) is 0. The molecule has 6 heteroatoms. The van der Waals surface area contributed by atoms with Gasteiger partial charge in [-0.2, -0.15) is 13.2 Å². The molecule has 1 aromatic heterocycles. The molecule has 0 spiro atoms. The lowest BCUT2D eigenvalue weighted by atomic mass is 9.98. The maximum Gasteiger partial charge on any atom is 0.416 e. The Bertz CT molecular complexity index is 1270. The standard InChI is InChI=1S/C26H22F3N3/c27-26(28,29)21-15-23(20-9-7-8-19(14-20)17-31-12-5-2-6-13-31)25-24(16-21)30-18-32(25)22-10-3-1-4-11-22/h1-5,7-11,14-16,18H,6,12-13,17H2. The first-order valence-electron chi connectivity index (χ1n) is 10.6. The highest BCUT2D eigenvalue weighted by Gasteiger charge is 2.32. The van der Waals surface area contributed by atoms with Crippen molar-refractivity contribution in [2.24, 2.45) is 0 Å². The van der Waals surface area contributed by atoms with Gasteiger partial charge < -0.3 is 0 Å². The molecule has 0 fully saturated rings. The maximum absolute atomic E-state index is 13.7. The van der Waals surface area contributed by atoms with Crippen molar-refractivity contribution in [2.75, 3.05) is 13.1 Å². The molecule has 1 aliphatic heterocycles. The molecule has 0 saturated carbocycles. The number of halogens is 3. The predicted molar refractivity (Wildman–Crippen MR) is 121 cm³/mol. The van der Waals surface area contributed by atoms with Crippen molar-refractivity contribution in [3.63, 3.8) is 0 Å². The molecular formula is C26H22F3N3. The third-order valence-electron chi connectivity index (χ3n) is 5.79. The summed E-state index contributed by atoms with van der Waals surface area (Å²) in [5.41, 5.74) is 3.51. The molecule has 3 aromatic carbocycles. The van der Waals surface area contributed by atoms with Gasteiger partial charge in [-0.15, -0.1) is 0 Å². The number of aromatic nitrogens is 2. The number of alkyl halides is 3. The highest BCUT2D eigenvalue weighted by Crippen LogP contribution is 2.38. The van der Waals surface area contributed by atoms with Crippen molar-refractivity contribution in [1.29, 1.82) is 0 Å². The van der Waals surface area contributed by atoms with Gasteiger partial charge in [0.15, 0.2) is 0 Å². The number of fused-ring (bicyclic) bond motifs is 1. The van der Waals surface area contributed by atoms with E-state index in [1.165, 1.54) is 6.07 Å². The van der Waals surface area contributed by atoms with Crippen molar-refractivity contribution < 1.29 is 13.2 Å². The molecule has 0 bridgehead atoms. The highest BCUT2D eigenvalue weighted by molar-refractivity contribution is 5.94. The molecule has 162 valence electrons. The molecule has 0 saturated heterocycles. The van der Waals surface area contributed by atoms with Crippen molar-refractivity contribution in [3.8, 4) is 16.8 Å². The van der Waals surface area contributed by atoms with Crippen molar-refractivity contribution >= 4 is 11.0 Å². The Hall–Kier alpha value is -3.38. The largest absolute Gasteiger partial charge is 0.416 e. The van der Waals surface area contributed by atoms with Crippen LogP contribution in [0.4, 0.5) is 13.2 Å².